The average molecular weight is 712 g/mol. The highest BCUT2D eigenvalue weighted by Gasteiger charge is 2.46. The first-order valence-electron chi connectivity index (χ1n) is 14.4. The van der Waals surface area contributed by atoms with E-state index < -0.39 is 82.6 Å². The van der Waals surface area contributed by atoms with Crippen molar-refractivity contribution in [3.8, 4) is 22.6 Å². The molecule has 0 saturated carbocycles. The number of alkyl halides is 9. The molecular weight excluding hydrogens is 684 g/mol. The maximum atomic E-state index is 14.9. The number of hydrogen-bond donors (Lipinski definition) is 1. The second-order valence-corrected chi connectivity index (χ2v) is 11.1. The van der Waals surface area contributed by atoms with Crippen molar-refractivity contribution >= 4 is 12.1 Å². The standard InChI is InChI=1S/C32H27F10NO6/c1-15(43-16(2)28(49-29(43)46)17-9-19(31(37,38)39)11-20(10-17)32(40,41)42)22-12-18(30(34,35)36)6-7-21(22)23-13-26(24(33)14-25(23)47-3)48-8-4-5-27(44)45/h6-7,9-16,28H,4-5,8H2,1-3H3,(H,44,45)/t15?,16-,28-/m0/s1. The van der Waals surface area contributed by atoms with Crippen molar-refractivity contribution < 1.29 is 72.8 Å². The van der Waals surface area contributed by atoms with Gasteiger partial charge in [-0.25, -0.2) is 9.18 Å². The van der Waals surface area contributed by atoms with E-state index in [0.29, 0.717) is 24.3 Å². The maximum absolute atomic E-state index is 14.9. The van der Waals surface area contributed by atoms with Gasteiger partial charge in [-0.2, -0.15) is 39.5 Å². The predicted molar refractivity (Wildman–Crippen MR) is 151 cm³/mol. The molecule has 7 nitrogen and oxygen atoms in total. The van der Waals surface area contributed by atoms with Gasteiger partial charge in [0.25, 0.3) is 0 Å². The highest BCUT2D eigenvalue weighted by atomic mass is 19.4. The largest absolute Gasteiger partial charge is 0.496 e. The minimum absolute atomic E-state index is 0.00876. The predicted octanol–water partition coefficient (Wildman–Crippen LogP) is 9.44. The van der Waals surface area contributed by atoms with Crippen molar-refractivity contribution in [1.29, 1.82) is 0 Å². The van der Waals surface area contributed by atoms with Gasteiger partial charge in [-0.1, -0.05) is 6.07 Å². The minimum atomic E-state index is -5.20. The van der Waals surface area contributed by atoms with E-state index in [9.17, 15) is 53.5 Å². The topological polar surface area (TPSA) is 85.3 Å². The van der Waals surface area contributed by atoms with E-state index in [1.165, 1.54) is 13.8 Å². The monoisotopic (exact) mass is 711 g/mol. The van der Waals surface area contributed by atoms with Crippen LogP contribution in [0.3, 0.4) is 0 Å². The van der Waals surface area contributed by atoms with Crippen molar-refractivity contribution in [2.24, 2.45) is 0 Å². The Morgan fingerprint density at radius 1 is 0.878 bits per heavy atom. The van der Waals surface area contributed by atoms with E-state index in [1.54, 1.807) is 0 Å². The van der Waals surface area contributed by atoms with Crippen LogP contribution in [0.25, 0.3) is 11.1 Å². The quantitative estimate of drug-likeness (QED) is 0.167. The number of hydrogen-bond acceptors (Lipinski definition) is 5. The third-order valence-corrected chi connectivity index (χ3v) is 7.84. The fourth-order valence-corrected chi connectivity index (χ4v) is 5.49. The van der Waals surface area contributed by atoms with Crippen LogP contribution in [0.15, 0.2) is 48.5 Å². The number of carboxylic acids is 1. The highest BCUT2D eigenvalue weighted by Crippen LogP contribution is 2.46. The average Bonchev–Trinajstić information content (AvgIpc) is 3.30. The number of cyclic esters (lactones) is 1. The number of ether oxygens (including phenoxy) is 3. The van der Waals surface area contributed by atoms with Gasteiger partial charge in [-0.3, -0.25) is 9.69 Å². The van der Waals surface area contributed by atoms with Gasteiger partial charge in [0.2, 0.25) is 0 Å². The Balaban J connectivity index is 1.81. The third kappa shape index (κ3) is 8.13. The maximum Gasteiger partial charge on any atom is 0.416 e. The van der Waals surface area contributed by atoms with Crippen LogP contribution >= 0.6 is 0 Å². The van der Waals surface area contributed by atoms with Gasteiger partial charge in [-0.15, -0.1) is 0 Å². The fraction of sp³-hybridized carbons (Fsp3) is 0.375. The molecule has 0 aliphatic carbocycles. The lowest BCUT2D eigenvalue weighted by molar-refractivity contribution is -0.143. The molecule has 3 aromatic carbocycles. The Morgan fingerprint density at radius 2 is 1.47 bits per heavy atom. The molecule has 1 aliphatic rings. The lowest BCUT2D eigenvalue weighted by atomic mass is 9.91. The first-order chi connectivity index (χ1) is 22.6. The van der Waals surface area contributed by atoms with E-state index in [1.807, 2.05) is 0 Å². The highest BCUT2D eigenvalue weighted by molar-refractivity contribution is 5.78. The van der Waals surface area contributed by atoms with Crippen molar-refractivity contribution in [3.05, 3.63) is 82.2 Å². The van der Waals surface area contributed by atoms with Crippen LogP contribution < -0.4 is 9.47 Å². The number of carbonyl (C=O) groups is 2. The fourth-order valence-electron chi connectivity index (χ4n) is 5.49. The molecule has 3 aromatic rings. The molecule has 0 bridgehead atoms. The van der Waals surface area contributed by atoms with Gasteiger partial charge in [-0.05, 0) is 73.4 Å². The molecule has 1 saturated heterocycles. The second kappa shape index (κ2) is 13.7. The molecule has 1 heterocycles. The molecule has 0 aromatic heterocycles. The van der Waals surface area contributed by atoms with Gasteiger partial charge >= 0.3 is 30.6 Å². The molecule has 266 valence electrons. The Kier molecular flexibility index (Phi) is 10.4. The Bertz CT molecular complexity index is 1690. The smallest absolute Gasteiger partial charge is 0.416 e. The summed E-state index contributed by atoms with van der Waals surface area (Å²) < 4.78 is 154. The van der Waals surface area contributed by atoms with Gasteiger partial charge in [0.15, 0.2) is 11.6 Å². The van der Waals surface area contributed by atoms with Crippen LogP contribution in [-0.4, -0.2) is 41.8 Å². The van der Waals surface area contributed by atoms with Crippen LogP contribution in [0, 0.1) is 5.82 Å². The molecule has 4 rings (SSSR count). The lowest BCUT2D eigenvalue weighted by Gasteiger charge is -2.30. The summed E-state index contributed by atoms with van der Waals surface area (Å²) in [5.74, 6) is -2.66. The number of methoxy groups -OCH3 is 1. The molecule has 1 unspecified atom stereocenters. The van der Waals surface area contributed by atoms with Gasteiger partial charge in [0, 0.05) is 18.1 Å². The van der Waals surface area contributed by atoms with Gasteiger partial charge < -0.3 is 19.3 Å². The van der Waals surface area contributed by atoms with Crippen LogP contribution in [-0.2, 0) is 28.1 Å². The van der Waals surface area contributed by atoms with Crippen molar-refractivity contribution in [1.82, 2.24) is 4.90 Å². The van der Waals surface area contributed by atoms with Gasteiger partial charge in [0.05, 0.1) is 42.5 Å². The normalized spacial score (nSPS) is 17.6. The second-order valence-electron chi connectivity index (χ2n) is 11.1. The third-order valence-electron chi connectivity index (χ3n) is 7.84. The van der Waals surface area contributed by atoms with E-state index in [4.69, 9.17) is 19.3 Å². The molecule has 17 heteroatoms. The molecule has 0 radical (unpaired) electrons. The van der Waals surface area contributed by atoms with Crippen LogP contribution in [0.1, 0.15) is 66.7 Å². The SMILES string of the molecule is COc1cc(F)c(OCCCC(=O)O)cc1-c1ccc(C(F)(F)F)cc1C(C)N1C(=O)O[C@H](c2cc(C(F)(F)F)cc(C(F)(F)F)c2)[C@@H]1C. The van der Waals surface area contributed by atoms with Crippen LogP contribution in [0.4, 0.5) is 48.7 Å². The van der Waals surface area contributed by atoms with E-state index in [0.717, 1.165) is 30.2 Å². The first-order valence-corrected chi connectivity index (χ1v) is 14.4. The number of nitrogens with zero attached hydrogens (tertiary/aromatic N) is 1. The first kappa shape index (κ1) is 37.1. The number of aliphatic carboxylic acids is 1. The zero-order valence-electron chi connectivity index (χ0n) is 25.7. The van der Waals surface area contributed by atoms with E-state index in [2.05, 4.69) is 0 Å². The minimum Gasteiger partial charge on any atom is -0.496 e. The summed E-state index contributed by atoms with van der Waals surface area (Å²) in [5.41, 5.74) is -5.40. The van der Waals surface area contributed by atoms with Crippen molar-refractivity contribution in [2.75, 3.05) is 13.7 Å². The van der Waals surface area contributed by atoms with Crippen LogP contribution in [0.5, 0.6) is 11.5 Å². The van der Waals surface area contributed by atoms with Gasteiger partial charge in [0.1, 0.15) is 11.9 Å². The number of halogens is 10. The molecular formula is C32H27F10NO6. The zero-order valence-corrected chi connectivity index (χ0v) is 25.7. The molecule has 0 spiro atoms. The molecule has 3 atom stereocenters. The number of rotatable bonds is 10. The molecule has 1 fully saturated rings. The Morgan fingerprint density at radius 3 is 2.00 bits per heavy atom. The summed E-state index contributed by atoms with van der Waals surface area (Å²) in [5, 5.41) is 8.83. The number of carboxylic acid groups (broad SMARTS) is 1. The van der Waals surface area contributed by atoms with Crippen molar-refractivity contribution in [2.45, 2.75) is 63.4 Å². The van der Waals surface area contributed by atoms with E-state index >= 15 is 0 Å². The molecule has 49 heavy (non-hydrogen) atoms. The summed E-state index contributed by atoms with van der Waals surface area (Å²) >= 11 is 0. The zero-order chi connectivity index (χ0) is 36.6. The summed E-state index contributed by atoms with van der Waals surface area (Å²) in [6, 6.07) is 2.42. The molecule has 1 N–H and O–H groups in total. The summed E-state index contributed by atoms with van der Waals surface area (Å²) in [6.07, 6.45) is -18.5. The summed E-state index contributed by atoms with van der Waals surface area (Å²) in [6.45, 7) is 2.27. The van der Waals surface area contributed by atoms with Crippen LogP contribution in [0.2, 0.25) is 0 Å². The van der Waals surface area contributed by atoms with E-state index in [-0.39, 0.29) is 48.0 Å². The number of carbonyl (C=O) groups excluding carboxylic acids is 1. The lowest BCUT2D eigenvalue weighted by Crippen LogP contribution is -2.35. The Hall–Kier alpha value is -4.70. The summed E-state index contributed by atoms with van der Waals surface area (Å²) in [7, 11) is 1.15. The molecule has 1 amide bonds. The summed E-state index contributed by atoms with van der Waals surface area (Å²) in [4.78, 5) is 24.9. The number of amides is 1. The van der Waals surface area contributed by atoms with Crippen molar-refractivity contribution in [3.63, 3.8) is 0 Å². The molecule has 1 aliphatic heterocycles. The Labute approximate surface area is 272 Å². The number of benzene rings is 3.